The average Bonchev–Trinajstić information content (AvgIpc) is 2.62. The Balaban J connectivity index is 0.00000232. The first-order valence-corrected chi connectivity index (χ1v) is 7.84. The number of nitrogens with one attached hydrogen (secondary N) is 1. The smallest absolute Gasteiger partial charge is 0.163 e. The third kappa shape index (κ3) is 6.30. The van der Waals surface area contributed by atoms with Crippen molar-refractivity contribution in [3.63, 3.8) is 0 Å². The van der Waals surface area contributed by atoms with Gasteiger partial charge in [0.2, 0.25) is 0 Å². The largest absolute Gasteiger partial charge is 0.497 e. The van der Waals surface area contributed by atoms with Crippen LogP contribution in [0.2, 0.25) is 0 Å². The fraction of sp³-hybridized carbons (Fsp3) is 0.500. The maximum Gasteiger partial charge on any atom is 0.163 e. The molecule has 1 N–H and O–H groups in total. The van der Waals surface area contributed by atoms with Crippen molar-refractivity contribution in [2.45, 2.75) is 40.7 Å². The van der Waals surface area contributed by atoms with E-state index in [9.17, 15) is 4.39 Å². The van der Waals surface area contributed by atoms with Gasteiger partial charge >= 0.3 is 0 Å². The molecule has 0 bridgehead atoms. The van der Waals surface area contributed by atoms with E-state index in [4.69, 9.17) is 9.47 Å². The number of amidine groups is 1. The summed E-state index contributed by atoms with van der Waals surface area (Å²) >= 11 is 0. The van der Waals surface area contributed by atoms with Gasteiger partial charge < -0.3 is 14.8 Å². The van der Waals surface area contributed by atoms with Crippen LogP contribution in [-0.2, 0) is 6.54 Å². The Morgan fingerprint density at radius 3 is 2.35 bits per heavy atom. The lowest BCUT2D eigenvalue weighted by Gasteiger charge is -2.13. The Labute approximate surface area is 139 Å². The first-order chi connectivity index (χ1) is 11.1. The molecule has 0 atom stereocenters. The minimum atomic E-state index is -0.299. The molecule has 1 aromatic rings. The fourth-order valence-corrected chi connectivity index (χ4v) is 1.79. The Kier molecular flexibility index (Phi) is 10.5. The maximum absolute atomic E-state index is 14.1. The van der Waals surface area contributed by atoms with Crippen LogP contribution in [0.4, 0.5) is 4.39 Å². The summed E-state index contributed by atoms with van der Waals surface area (Å²) in [6.07, 6.45) is 0.651. The summed E-state index contributed by atoms with van der Waals surface area (Å²) < 4.78 is 24.6. The number of methoxy groups -OCH3 is 2. The molecule has 0 radical (unpaired) electrons. The number of ether oxygens (including phenoxy) is 2. The molecule has 5 heteroatoms. The number of hydrogen-bond acceptors (Lipinski definition) is 3. The number of nitrogens with zero attached hydrogens (tertiary/aromatic N) is 1. The van der Waals surface area contributed by atoms with Crippen LogP contribution in [-0.4, -0.2) is 27.1 Å². The molecule has 0 aliphatic carbocycles. The number of aliphatic imine (C=N–C) groups is 1. The van der Waals surface area contributed by atoms with Crippen molar-refractivity contribution in [2.75, 3.05) is 21.3 Å². The van der Waals surface area contributed by atoms with E-state index < -0.39 is 0 Å². The van der Waals surface area contributed by atoms with E-state index in [0.717, 1.165) is 5.56 Å². The normalized spacial score (nSPS) is 11.9. The molecule has 0 heterocycles. The molecule has 0 aliphatic rings. The van der Waals surface area contributed by atoms with E-state index >= 15 is 0 Å². The quantitative estimate of drug-likeness (QED) is 0.619. The second-order valence-electron chi connectivity index (χ2n) is 4.55. The van der Waals surface area contributed by atoms with E-state index in [0.29, 0.717) is 30.0 Å². The molecule has 0 aliphatic heterocycles. The third-order valence-corrected chi connectivity index (χ3v) is 3.28. The van der Waals surface area contributed by atoms with Crippen LogP contribution in [0.5, 0.6) is 11.5 Å². The summed E-state index contributed by atoms with van der Waals surface area (Å²) in [6.45, 7) is 8.09. The van der Waals surface area contributed by atoms with Gasteiger partial charge in [0.15, 0.2) is 11.7 Å². The summed E-state index contributed by atoms with van der Waals surface area (Å²) in [5.74, 6) is 1.36. The van der Waals surface area contributed by atoms with Gasteiger partial charge in [0.1, 0.15) is 11.5 Å². The van der Waals surface area contributed by atoms with Gasteiger partial charge in [0.25, 0.3) is 0 Å². The highest BCUT2D eigenvalue weighted by Gasteiger charge is 2.11. The first-order valence-electron chi connectivity index (χ1n) is 7.84. The Hall–Kier alpha value is -2.04. The van der Waals surface area contributed by atoms with Gasteiger partial charge in [-0.1, -0.05) is 20.8 Å². The van der Waals surface area contributed by atoms with Crippen molar-refractivity contribution in [1.82, 2.24) is 5.32 Å². The van der Waals surface area contributed by atoms with Gasteiger partial charge in [-0.2, -0.15) is 0 Å². The summed E-state index contributed by atoms with van der Waals surface area (Å²) in [5, 5.41) is 3.01. The minimum Gasteiger partial charge on any atom is -0.497 e. The fourth-order valence-electron chi connectivity index (χ4n) is 1.79. The molecule has 130 valence electrons. The van der Waals surface area contributed by atoms with Crippen LogP contribution in [0.15, 0.2) is 34.6 Å². The second kappa shape index (κ2) is 11.5. The highest BCUT2D eigenvalue weighted by Crippen LogP contribution is 2.24. The second-order valence-corrected chi connectivity index (χ2v) is 4.55. The van der Waals surface area contributed by atoms with Crippen molar-refractivity contribution >= 4 is 5.84 Å². The van der Waals surface area contributed by atoms with Gasteiger partial charge in [-0.3, -0.25) is 4.99 Å². The van der Waals surface area contributed by atoms with Crippen LogP contribution in [0.25, 0.3) is 0 Å². The van der Waals surface area contributed by atoms with Crippen molar-refractivity contribution in [3.8, 4) is 11.5 Å². The van der Waals surface area contributed by atoms with Crippen LogP contribution in [0.3, 0.4) is 0 Å². The lowest BCUT2D eigenvalue weighted by molar-refractivity contribution is 0.390. The molecule has 0 fully saturated rings. The molecule has 0 unspecified atom stereocenters. The summed E-state index contributed by atoms with van der Waals surface area (Å²) in [4.78, 5) is 3.97. The van der Waals surface area contributed by atoms with Crippen LogP contribution in [0.1, 0.15) is 39.7 Å². The molecular weight excluding hydrogens is 295 g/mol. The van der Waals surface area contributed by atoms with Crippen molar-refractivity contribution < 1.29 is 13.9 Å². The molecule has 1 rings (SSSR count). The number of allylic oxidation sites excluding steroid dienone is 1. The van der Waals surface area contributed by atoms with E-state index in [1.807, 2.05) is 32.9 Å². The topological polar surface area (TPSA) is 42.9 Å². The van der Waals surface area contributed by atoms with Gasteiger partial charge in [0.05, 0.1) is 14.2 Å². The molecular formula is C18H29FN2O2. The van der Waals surface area contributed by atoms with Crippen LogP contribution >= 0.6 is 0 Å². The lowest BCUT2D eigenvalue weighted by Crippen LogP contribution is -2.24. The van der Waals surface area contributed by atoms with E-state index in [-0.39, 0.29) is 11.7 Å². The van der Waals surface area contributed by atoms with Gasteiger partial charge in [-0.15, -0.1) is 0 Å². The van der Waals surface area contributed by atoms with Crippen molar-refractivity contribution in [2.24, 2.45) is 4.99 Å². The monoisotopic (exact) mass is 324 g/mol. The average molecular weight is 324 g/mol. The number of benzene rings is 1. The van der Waals surface area contributed by atoms with Crippen molar-refractivity contribution in [1.29, 1.82) is 0 Å². The molecule has 0 saturated carbocycles. The lowest BCUT2D eigenvalue weighted by atomic mass is 10.1. The van der Waals surface area contributed by atoms with Crippen LogP contribution < -0.4 is 14.8 Å². The Bertz CT molecular complexity index is 540. The molecule has 4 nitrogen and oxygen atoms in total. The zero-order valence-corrected chi connectivity index (χ0v) is 15.3. The highest BCUT2D eigenvalue weighted by atomic mass is 19.1. The number of halogens is 1. The minimum absolute atomic E-state index is 0.257. The maximum atomic E-state index is 14.1. The zero-order chi connectivity index (χ0) is 17.8. The van der Waals surface area contributed by atoms with Crippen molar-refractivity contribution in [3.05, 3.63) is 35.2 Å². The standard InChI is InChI=1S/C16H23FN2O2.C2H6/c1-6-11(2)15(17)16(18-3)19-10-12-7-8-13(20-4)9-14(12)21-5;1-2/h7-9H,6,10H2,1-5H3,(H,18,19);1-2H3/b15-11+;. The third-order valence-electron chi connectivity index (χ3n) is 3.28. The number of rotatable bonds is 6. The highest BCUT2D eigenvalue weighted by molar-refractivity contribution is 5.96. The Morgan fingerprint density at radius 1 is 1.22 bits per heavy atom. The Morgan fingerprint density at radius 2 is 1.87 bits per heavy atom. The van der Waals surface area contributed by atoms with Gasteiger partial charge in [-0.25, -0.2) is 4.39 Å². The summed E-state index contributed by atoms with van der Waals surface area (Å²) in [6, 6.07) is 5.52. The summed E-state index contributed by atoms with van der Waals surface area (Å²) in [7, 11) is 4.76. The van der Waals surface area contributed by atoms with E-state index in [2.05, 4.69) is 10.3 Å². The van der Waals surface area contributed by atoms with Crippen LogP contribution in [0, 0.1) is 0 Å². The van der Waals surface area contributed by atoms with E-state index in [1.54, 1.807) is 34.3 Å². The van der Waals surface area contributed by atoms with E-state index in [1.165, 1.54) is 0 Å². The molecule has 1 aromatic carbocycles. The molecule has 0 spiro atoms. The molecule has 0 aromatic heterocycles. The van der Waals surface area contributed by atoms with Gasteiger partial charge in [-0.05, 0) is 31.1 Å². The first kappa shape index (κ1) is 21.0. The number of hydrogen-bond donors (Lipinski definition) is 1. The predicted octanol–water partition coefficient (Wildman–Crippen LogP) is 4.50. The van der Waals surface area contributed by atoms with Gasteiger partial charge in [0, 0.05) is 25.2 Å². The molecule has 0 amide bonds. The SMILES string of the molecule is CC.CC/C(C)=C(/F)C(=NC)NCc1ccc(OC)cc1OC. The molecule has 23 heavy (non-hydrogen) atoms. The summed E-state index contributed by atoms with van der Waals surface area (Å²) in [5.41, 5.74) is 1.58. The molecule has 0 saturated heterocycles. The zero-order valence-electron chi connectivity index (χ0n) is 15.3. The predicted molar refractivity (Wildman–Crippen MR) is 95.2 cm³/mol.